The minimum absolute atomic E-state index is 0. The van der Waals surface area contributed by atoms with Crippen molar-refractivity contribution in [2.45, 2.75) is 181 Å². The number of allylic oxidation sites excluding steroid dienone is 6. The Labute approximate surface area is 491 Å². The summed E-state index contributed by atoms with van der Waals surface area (Å²) < 4.78 is 62.1. The van der Waals surface area contributed by atoms with E-state index in [0.29, 0.717) is 120 Å². The number of esters is 2. The van der Waals surface area contributed by atoms with Gasteiger partial charge in [0, 0.05) is 13.1 Å². The van der Waals surface area contributed by atoms with E-state index in [1.165, 1.54) is 25.4 Å². The van der Waals surface area contributed by atoms with E-state index in [0.717, 1.165) is 70.1 Å². The molecule has 12 bridgehead atoms. The number of hydrogen-bond donors (Lipinski definition) is 4. The minimum atomic E-state index is -3.22. The fourth-order valence-corrected chi connectivity index (χ4v) is 19.7. The van der Waals surface area contributed by atoms with Crippen LogP contribution < -0.4 is 9.44 Å². The van der Waals surface area contributed by atoms with Crippen molar-refractivity contribution in [3.63, 3.8) is 0 Å². The van der Waals surface area contributed by atoms with Gasteiger partial charge in [-0.1, -0.05) is 87.4 Å². The first-order valence-corrected chi connectivity index (χ1v) is 33.1. The molecular formula is C65H112N2O12S2. The molecule has 12 aliphatic carbocycles. The van der Waals surface area contributed by atoms with Gasteiger partial charge < -0.3 is 19.7 Å². The second kappa shape index (κ2) is 26.7. The Morgan fingerprint density at radius 2 is 0.877 bits per heavy atom. The number of hydrogen-bond acceptors (Lipinski definition) is 10. The number of carbonyl (C=O) groups excluding carboxylic acids is 2. The molecule has 0 saturated heterocycles. The summed E-state index contributed by atoms with van der Waals surface area (Å²) in [4.78, 5) is 47.9. The number of nitrogens with one attached hydrogen (secondary N) is 2. The molecule has 0 amide bonds. The number of sulfonamides is 2. The molecule has 4 N–H and O–H groups in total. The van der Waals surface area contributed by atoms with Gasteiger partial charge in [-0.25, -0.2) is 26.3 Å². The van der Waals surface area contributed by atoms with Crippen LogP contribution in [0.5, 0.6) is 0 Å². The SMILES string of the molecule is C.C.C.C.C.CC(C)(C)OC(=O)C1CC2C=CC1C2.CC1C2CC(CC2C(=O)OC(C)(C)C)C1C1C2CC(CC2C(=O)O)C1C1C(C)C2CC(CNS(C)(=O)=O)C1C2.CS(=O)(=O)NCC1CC2C=CC1C2.O=C(O)C1CC2C=CC1C2. The molecule has 0 spiro atoms. The average Bonchev–Trinajstić information content (AvgIpc) is 4.18. The zero-order valence-corrected chi connectivity index (χ0v) is 48.6. The molecule has 12 aliphatic rings. The number of carbonyl (C=O) groups is 4. The van der Waals surface area contributed by atoms with E-state index in [1.807, 2.05) is 41.5 Å². The summed E-state index contributed by atoms with van der Waals surface area (Å²) in [5, 5.41) is 18.9. The van der Waals surface area contributed by atoms with Crippen LogP contribution in [0.25, 0.3) is 0 Å². The molecule has 24 atom stereocenters. The maximum Gasteiger partial charge on any atom is 0.310 e. The van der Waals surface area contributed by atoms with Crippen molar-refractivity contribution in [2.24, 2.45) is 142 Å². The largest absolute Gasteiger partial charge is 0.481 e. The van der Waals surface area contributed by atoms with Gasteiger partial charge in [-0.3, -0.25) is 19.2 Å². The summed E-state index contributed by atoms with van der Waals surface area (Å²) in [5.41, 5.74) is -0.824. The summed E-state index contributed by atoms with van der Waals surface area (Å²) >= 11 is 0. The zero-order valence-electron chi connectivity index (χ0n) is 47.0. The van der Waals surface area contributed by atoms with Gasteiger partial charge >= 0.3 is 23.9 Å². The Balaban J connectivity index is 0.000000274. The number of carboxylic acids is 2. The topological polar surface area (TPSA) is 220 Å². The van der Waals surface area contributed by atoms with E-state index in [-0.39, 0.29) is 84.3 Å². The molecule has 0 aromatic heterocycles. The Kier molecular flexibility index (Phi) is 23.2. The molecule has 81 heavy (non-hydrogen) atoms. The van der Waals surface area contributed by atoms with Gasteiger partial charge in [0.15, 0.2) is 0 Å². The van der Waals surface area contributed by atoms with Gasteiger partial charge in [0.25, 0.3) is 0 Å². The van der Waals surface area contributed by atoms with Gasteiger partial charge in [0.1, 0.15) is 11.2 Å². The zero-order chi connectivity index (χ0) is 55.1. The summed E-state index contributed by atoms with van der Waals surface area (Å²) in [6.45, 7) is 17.5. The predicted molar refractivity (Wildman–Crippen MR) is 324 cm³/mol. The maximum absolute atomic E-state index is 13.1. The number of carboxylic acid groups (broad SMARTS) is 2. The van der Waals surface area contributed by atoms with Gasteiger partial charge in [-0.2, -0.15) is 0 Å². The third kappa shape index (κ3) is 15.7. The van der Waals surface area contributed by atoms with Crippen LogP contribution in [0.4, 0.5) is 0 Å². The first-order chi connectivity index (χ1) is 35.4. The third-order valence-corrected chi connectivity index (χ3v) is 22.8. The van der Waals surface area contributed by atoms with E-state index < -0.39 is 37.6 Å². The fraction of sp³-hybridized carbons (Fsp3) is 0.846. The van der Waals surface area contributed by atoms with Crippen LogP contribution in [0.2, 0.25) is 0 Å². The van der Waals surface area contributed by atoms with Gasteiger partial charge in [-0.15, -0.1) is 0 Å². The lowest BCUT2D eigenvalue weighted by molar-refractivity contribution is -0.164. The highest BCUT2D eigenvalue weighted by Crippen LogP contribution is 2.71. The monoisotopic (exact) mass is 1180 g/mol. The molecule has 9 fully saturated rings. The van der Waals surface area contributed by atoms with Crippen molar-refractivity contribution in [3.05, 3.63) is 36.5 Å². The molecule has 9 saturated carbocycles. The summed E-state index contributed by atoms with van der Waals surface area (Å²) in [7, 11) is -6.22. The molecular weight excluding hydrogens is 1060 g/mol. The highest BCUT2D eigenvalue weighted by Gasteiger charge is 2.67. The average molecular weight is 1180 g/mol. The van der Waals surface area contributed by atoms with Crippen molar-refractivity contribution < 1.29 is 55.7 Å². The minimum Gasteiger partial charge on any atom is -0.481 e. The first kappa shape index (κ1) is 70.4. The quantitative estimate of drug-likeness (QED) is 0.106. The van der Waals surface area contributed by atoms with Gasteiger partial charge in [-0.05, 0) is 237 Å². The van der Waals surface area contributed by atoms with E-state index in [4.69, 9.17) is 14.6 Å². The van der Waals surface area contributed by atoms with E-state index >= 15 is 0 Å². The molecule has 0 aromatic carbocycles. The molecule has 24 unspecified atom stereocenters. The van der Waals surface area contributed by atoms with Gasteiger partial charge in [0.05, 0.1) is 36.2 Å². The third-order valence-electron chi connectivity index (χ3n) is 21.4. The standard InChI is InChI=1S/C31H49NO6S.C12H18O2.C9H15NO2S.C8H10O2.5CH4/c1-14-16-7-19(13-32-39(6,36)37)21(8-16)26(14)27-18-10-22(23(11-18)29(33)34)28(27)25-15(2)20-9-17(25)12-24(20)30(35)38-31(3,4)5;1-12(2,3)14-11(13)10-7-8-4-5-9(10)6-8;1-13(11,12)10-6-9-5-7-2-3-8(9)4-7;9-8(10)7-4-5-1-2-6(7)3-5;;;;;/h14-28,32H,7-13H2,1-6H3,(H,33,34);4-5,8-10H,6-7H2,1-3H3;2-3,7-10H,4-6H2,1H3;1-2,5-7H,3-4H2,(H,9,10);5*1H4. The molecule has 0 aromatic rings. The van der Waals surface area contributed by atoms with E-state index in [9.17, 15) is 41.1 Å². The van der Waals surface area contributed by atoms with Crippen molar-refractivity contribution in [1.82, 2.24) is 9.44 Å². The van der Waals surface area contributed by atoms with Crippen molar-refractivity contribution >= 4 is 43.9 Å². The maximum atomic E-state index is 13.1. The van der Waals surface area contributed by atoms with Crippen molar-refractivity contribution in [3.8, 4) is 0 Å². The Hall–Kier alpha value is -3.08. The molecule has 16 heteroatoms. The first-order valence-electron chi connectivity index (χ1n) is 29.3. The number of fused-ring (bicyclic) bond motifs is 12. The van der Waals surface area contributed by atoms with Crippen LogP contribution >= 0.6 is 0 Å². The molecule has 0 heterocycles. The summed E-state index contributed by atoms with van der Waals surface area (Å²) in [6.07, 6.45) is 28.2. The summed E-state index contributed by atoms with van der Waals surface area (Å²) in [5.74, 6) is 8.45. The normalized spacial score (nSPS) is 41.4. The number of rotatable bonds is 12. The lowest BCUT2D eigenvalue weighted by Gasteiger charge is -2.50. The smallest absolute Gasteiger partial charge is 0.310 e. The van der Waals surface area contributed by atoms with Crippen molar-refractivity contribution in [1.29, 1.82) is 0 Å². The number of ether oxygens (including phenoxy) is 2. The molecule has 14 nitrogen and oxygen atoms in total. The van der Waals surface area contributed by atoms with Gasteiger partial charge in [0.2, 0.25) is 20.0 Å². The van der Waals surface area contributed by atoms with Crippen LogP contribution in [0.1, 0.15) is 170 Å². The highest BCUT2D eigenvalue weighted by atomic mass is 32.2. The molecule has 466 valence electrons. The van der Waals surface area contributed by atoms with Crippen LogP contribution in [-0.2, 0) is 48.7 Å². The molecule has 0 aliphatic heterocycles. The fourth-order valence-electron chi connectivity index (χ4n) is 18.7. The lowest BCUT2D eigenvalue weighted by Crippen LogP contribution is -2.48. The Morgan fingerprint density at radius 3 is 1.28 bits per heavy atom. The van der Waals surface area contributed by atoms with Crippen LogP contribution in [0, 0.1) is 142 Å². The van der Waals surface area contributed by atoms with Crippen LogP contribution in [0.15, 0.2) is 36.5 Å². The lowest BCUT2D eigenvalue weighted by atomic mass is 9.55. The summed E-state index contributed by atoms with van der Waals surface area (Å²) in [6, 6.07) is 0. The van der Waals surface area contributed by atoms with Crippen LogP contribution in [0.3, 0.4) is 0 Å². The second-order valence-corrected chi connectivity index (χ2v) is 32.2. The molecule has 0 radical (unpaired) electrons. The van der Waals surface area contributed by atoms with E-state index in [1.54, 1.807) is 0 Å². The molecule has 12 rings (SSSR count). The Morgan fingerprint density at radius 1 is 0.444 bits per heavy atom. The van der Waals surface area contributed by atoms with E-state index in [2.05, 4.69) is 59.7 Å². The number of aliphatic carboxylic acids is 2. The second-order valence-electron chi connectivity index (χ2n) is 28.5. The predicted octanol–water partition coefficient (Wildman–Crippen LogP) is 12.4. The van der Waals surface area contributed by atoms with Crippen molar-refractivity contribution in [2.75, 3.05) is 25.6 Å². The Bertz CT molecular complexity index is 2510. The van der Waals surface area contributed by atoms with Crippen LogP contribution in [-0.4, -0.2) is 87.7 Å². The highest BCUT2D eigenvalue weighted by molar-refractivity contribution is 7.89.